The number of hydrogen-bond donors (Lipinski definition) is 2. The van der Waals surface area contributed by atoms with E-state index in [1.807, 2.05) is 4.57 Å². The summed E-state index contributed by atoms with van der Waals surface area (Å²) in [6, 6.07) is 8.72. The molecule has 0 aliphatic carbocycles. The second kappa shape index (κ2) is 10.2. The zero-order valence-corrected chi connectivity index (χ0v) is 18.8. The first-order valence-electron chi connectivity index (χ1n) is 10.5. The smallest absolute Gasteiger partial charge is 0.423 e. The van der Waals surface area contributed by atoms with E-state index in [9.17, 15) is 18.0 Å². The van der Waals surface area contributed by atoms with Crippen LogP contribution in [0.3, 0.4) is 0 Å². The van der Waals surface area contributed by atoms with Gasteiger partial charge in [0.1, 0.15) is 11.3 Å². The van der Waals surface area contributed by atoms with Gasteiger partial charge in [-0.05, 0) is 30.3 Å². The number of hydrogen-bond acceptors (Lipinski definition) is 8. The number of benzene rings is 2. The second-order valence-corrected chi connectivity index (χ2v) is 7.35. The SMILES string of the molecule is COCCNC(=O)c1ccc2c(c1)nc(Nc1nc3ccc(OC(F)(F)F)cc3o1)n2CCOC. The molecule has 0 aliphatic rings. The number of nitrogens with one attached hydrogen (secondary N) is 2. The fourth-order valence-electron chi connectivity index (χ4n) is 3.40. The van der Waals surface area contributed by atoms with E-state index in [4.69, 9.17) is 13.9 Å². The van der Waals surface area contributed by atoms with E-state index >= 15 is 0 Å². The molecule has 2 N–H and O–H groups in total. The molecule has 0 spiro atoms. The van der Waals surface area contributed by atoms with Crippen molar-refractivity contribution in [3.63, 3.8) is 0 Å². The Morgan fingerprint density at radius 1 is 1.06 bits per heavy atom. The second-order valence-electron chi connectivity index (χ2n) is 7.35. The molecular weight excluding hydrogens is 471 g/mol. The lowest BCUT2D eigenvalue weighted by molar-refractivity contribution is -0.274. The predicted octanol–water partition coefficient (Wildman–Crippen LogP) is 3.84. The van der Waals surface area contributed by atoms with Crippen LogP contribution < -0.4 is 15.4 Å². The standard InChI is InChI=1S/C22H22F3N5O5/c1-32-9-7-26-19(31)13-3-6-17-16(11-13)27-20(30(17)8-10-33-2)29-21-28-15-5-4-14(12-18(15)34-21)35-22(23,24)25/h3-6,11-12H,7-10H2,1-2H3,(H,26,31)(H,27,28,29). The molecule has 2 aromatic carbocycles. The fourth-order valence-corrected chi connectivity index (χ4v) is 3.40. The molecule has 0 saturated heterocycles. The van der Waals surface area contributed by atoms with Gasteiger partial charge in [0.25, 0.3) is 5.91 Å². The first-order chi connectivity index (χ1) is 16.8. The number of anilines is 2. The molecule has 0 saturated carbocycles. The molecule has 13 heteroatoms. The number of oxazole rings is 1. The van der Waals surface area contributed by atoms with Gasteiger partial charge >= 0.3 is 12.4 Å². The zero-order valence-electron chi connectivity index (χ0n) is 18.8. The molecule has 10 nitrogen and oxygen atoms in total. The van der Waals surface area contributed by atoms with Crippen LogP contribution in [0.5, 0.6) is 5.75 Å². The van der Waals surface area contributed by atoms with Crippen LogP contribution in [-0.2, 0) is 16.0 Å². The summed E-state index contributed by atoms with van der Waals surface area (Å²) in [5, 5.41) is 5.71. The molecule has 186 valence electrons. The van der Waals surface area contributed by atoms with Gasteiger partial charge in [0, 0.05) is 38.9 Å². The lowest BCUT2D eigenvalue weighted by atomic mass is 10.2. The van der Waals surface area contributed by atoms with Crippen LogP contribution in [0.1, 0.15) is 10.4 Å². The Kier molecular flexibility index (Phi) is 7.07. The van der Waals surface area contributed by atoms with Gasteiger partial charge in [0.05, 0.1) is 24.2 Å². The molecule has 2 heterocycles. The minimum Gasteiger partial charge on any atom is -0.423 e. The number of nitrogens with zero attached hydrogens (tertiary/aromatic N) is 3. The van der Waals surface area contributed by atoms with Gasteiger partial charge in [-0.15, -0.1) is 13.2 Å². The molecule has 4 aromatic rings. The summed E-state index contributed by atoms with van der Waals surface area (Å²) >= 11 is 0. The number of imidazole rings is 1. The molecule has 0 fully saturated rings. The summed E-state index contributed by atoms with van der Waals surface area (Å²) < 4.78 is 59.0. The maximum atomic E-state index is 12.5. The molecule has 0 aliphatic heterocycles. The van der Waals surface area contributed by atoms with Crippen molar-refractivity contribution >= 4 is 40.0 Å². The molecule has 4 rings (SSSR count). The van der Waals surface area contributed by atoms with Gasteiger partial charge < -0.3 is 28.5 Å². The molecule has 1 amide bonds. The van der Waals surface area contributed by atoms with E-state index in [1.54, 1.807) is 32.4 Å². The van der Waals surface area contributed by atoms with Gasteiger partial charge in [-0.2, -0.15) is 4.98 Å². The van der Waals surface area contributed by atoms with E-state index in [-0.39, 0.29) is 17.5 Å². The van der Waals surface area contributed by atoms with Crippen molar-refractivity contribution in [1.82, 2.24) is 19.9 Å². The highest BCUT2D eigenvalue weighted by molar-refractivity contribution is 5.97. The normalized spacial score (nSPS) is 11.8. The summed E-state index contributed by atoms with van der Waals surface area (Å²) in [5.41, 5.74) is 2.13. The molecule has 2 aromatic heterocycles. The van der Waals surface area contributed by atoms with Crippen LogP contribution in [0.15, 0.2) is 40.8 Å². The number of alkyl halides is 3. The number of methoxy groups -OCH3 is 2. The number of fused-ring (bicyclic) bond motifs is 2. The van der Waals surface area contributed by atoms with Crippen molar-refractivity contribution in [2.24, 2.45) is 0 Å². The highest BCUT2D eigenvalue weighted by Crippen LogP contribution is 2.30. The predicted molar refractivity (Wildman–Crippen MR) is 120 cm³/mol. The lowest BCUT2D eigenvalue weighted by Crippen LogP contribution is -2.26. The van der Waals surface area contributed by atoms with Crippen molar-refractivity contribution in [2.45, 2.75) is 12.9 Å². The Bertz CT molecular complexity index is 1330. The van der Waals surface area contributed by atoms with E-state index < -0.39 is 12.1 Å². The quantitative estimate of drug-likeness (QED) is 0.321. The Morgan fingerprint density at radius 3 is 2.60 bits per heavy atom. The highest BCUT2D eigenvalue weighted by atomic mass is 19.4. The van der Waals surface area contributed by atoms with Gasteiger partial charge in [0.15, 0.2) is 5.58 Å². The third-order valence-electron chi connectivity index (χ3n) is 4.93. The van der Waals surface area contributed by atoms with Gasteiger partial charge in [-0.3, -0.25) is 10.1 Å². The number of amides is 1. The summed E-state index contributed by atoms with van der Waals surface area (Å²) in [6.07, 6.45) is -4.82. The number of ether oxygens (including phenoxy) is 3. The molecular formula is C22H22F3N5O5. The first kappa shape index (κ1) is 24.3. The van der Waals surface area contributed by atoms with Crippen LogP contribution in [0.2, 0.25) is 0 Å². The zero-order chi connectivity index (χ0) is 25.0. The van der Waals surface area contributed by atoms with Crippen molar-refractivity contribution in [1.29, 1.82) is 0 Å². The molecule has 35 heavy (non-hydrogen) atoms. The Morgan fingerprint density at radius 2 is 1.86 bits per heavy atom. The Balaban J connectivity index is 1.62. The van der Waals surface area contributed by atoms with Crippen LogP contribution in [0, 0.1) is 0 Å². The average molecular weight is 493 g/mol. The summed E-state index contributed by atoms with van der Waals surface area (Å²) in [7, 11) is 3.11. The number of aromatic nitrogens is 3. The average Bonchev–Trinajstić information content (AvgIpc) is 3.36. The van der Waals surface area contributed by atoms with Crippen LogP contribution >= 0.6 is 0 Å². The van der Waals surface area contributed by atoms with E-state index in [1.165, 1.54) is 6.07 Å². The van der Waals surface area contributed by atoms with Crippen LogP contribution in [0.25, 0.3) is 22.1 Å². The Labute approximate surface area is 197 Å². The monoisotopic (exact) mass is 493 g/mol. The number of halogens is 3. The molecule has 0 radical (unpaired) electrons. The van der Waals surface area contributed by atoms with Crippen molar-refractivity contribution in [2.75, 3.05) is 39.3 Å². The number of rotatable bonds is 10. The van der Waals surface area contributed by atoms with E-state index in [0.29, 0.717) is 48.8 Å². The maximum Gasteiger partial charge on any atom is 0.573 e. The summed E-state index contributed by atoms with van der Waals surface area (Å²) in [6.45, 7) is 1.57. The maximum absolute atomic E-state index is 12.5. The van der Waals surface area contributed by atoms with Crippen molar-refractivity contribution in [3.8, 4) is 5.75 Å². The lowest BCUT2D eigenvalue weighted by Gasteiger charge is -2.08. The first-order valence-corrected chi connectivity index (χ1v) is 10.5. The molecule has 0 bridgehead atoms. The van der Waals surface area contributed by atoms with Gasteiger partial charge in [-0.25, -0.2) is 4.98 Å². The summed E-state index contributed by atoms with van der Waals surface area (Å²) in [5.74, 6) is -0.329. The largest absolute Gasteiger partial charge is 0.573 e. The van der Waals surface area contributed by atoms with Crippen molar-refractivity contribution in [3.05, 3.63) is 42.0 Å². The highest BCUT2D eigenvalue weighted by Gasteiger charge is 2.31. The van der Waals surface area contributed by atoms with Gasteiger partial charge in [0.2, 0.25) is 5.95 Å². The minimum atomic E-state index is -4.82. The van der Waals surface area contributed by atoms with E-state index in [2.05, 4.69) is 25.3 Å². The van der Waals surface area contributed by atoms with Crippen molar-refractivity contribution < 1.29 is 36.6 Å². The molecule has 0 unspecified atom stereocenters. The van der Waals surface area contributed by atoms with Crippen LogP contribution in [0.4, 0.5) is 25.1 Å². The number of carbonyl (C=O) groups is 1. The number of carbonyl (C=O) groups excluding carboxylic acids is 1. The van der Waals surface area contributed by atoms with Gasteiger partial charge in [-0.1, -0.05) is 0 Å². The summed E-state index contributed by atoms with van der Waals surface area (Å²) in [4.78, 5) is 21.2. The third kappa shape index (κ3) is 5.81. The Hall–Kier alpha value is -3.84. The third-order valence-corrected chi connectivity index (χ3v) is 4.93. The fraction of sp³-hybridized carbons (Fsp3) is 0.318. The van der Waals surface area contributed by atoms with E-state index in [0.717, 1.165) is 17.6 Å². The minimum absolute atomic E-state index is 0.0238. The topological polar surface area (TPSA) is 113 Å². The molecule has 0 atom stereocenters. The van der Waals surface area contributed by atoms with Crippen LogP contribution in [-0.4, -0.2) is 60.8 Å².